The second-order valence-electron chi connectivity index (χ2n) is 5.25. The first-order valence-corrected chi connectivity index (χ1v) is 6.94. The fourth-order valence-electron chi connectivity index (χ4n) is 2.52. The molecule has 2 heterocycles. The molecule has 6 nitrogen and oxygen atoms in total. The van der Waals surface area contributed by atoms with Gasteiger partial charge in [0.05, 0.1) is 18.7 Å². The summed E-state index contributed by atoms with van der Waals surface area (Å²) in [6.07, 6.45) is 1.12. The van der Waals surface area contributed by atoms with Crippen LogP contribution in [-0.4, -0.2) is 60.7 Å². The van der Waals surface area contributed by atoms with Gasteiger partial charge in [-0.05, 0) is 12.1 Å². The largest absolute Gasteiger partial charge is 0.365 e. The number of carbonyl (C=O) groups excluding carboxylic acids is 1. The van der Waals surface area contributed by atoms with Crippen LogP contribution in [0, 0.1) is 0 Å². The molecule has 1 amide bonds. The lowest BCUT2D eigenvalue weighted by molar-refractivity contribution is -0.141. The molecule has 1 aromatic heterocycles. The van der Waals surface area contributed by atoms with Crippen LogP contribution in [-0.2, 0) is 9.53 Å². The van der Waals surface area contributed by atoms with Crippen LogP contribution in [0.4, 0.5) is 5.82 Å². The average Bonchev–Trinajstić information content (AvgIpc) is 2.53. The Labute approximate surface area is 123 Å². The molecule has 0 N–H and O–H groups in total. The molecule has 1 atom stereocenters. The summed E-state index contributed by atoms with van der Waals surface area (Å²) in [5.74, 6) is 0.846. The maximum absolute atomic E-state index is 12.1. The summed E-state index contributed by atoms with van der Waals surface area (Å²) >= 11 is 0. The minimum Gasteiger partial charge on any atom is -0.365 e. The Balaban J connectivity index is 1.90. The van der Waals surface area contributed by atoms with Gasteiger partial charge in [-0.3, -0.25) is 4.79 Å². The third-order valence-corrected chi connectivity index (χ3v) is 3.60. The van der Waals surface area contributed by atoms with Crippen molar-refractivity contribution >= 4 is 22.6 Å². The fraction of sp³-hybridized carbons (Fsp3) is 0.400. The van der Waals surface area contributed by atoms with Gasteiger partial charge in [-0.1, -0.05) is 12.1 Å². The Bertz CT molecular complexity index is 654. The van der Waals surface area contributed by atoms with Crippen LogP contribution in [0.1, 0.15) is 0 Å². The number of anilines is 1. The molecule has 0 bridgehead atoms. The SMILES string of the molecule is CN(C)C(=O)C1CN(c2ncnc3ccccc23)CCO1. The Kier molecular flexibility index (Phi) is 3.70. The number of hydrogen-bond acceptors (Lipinski definition) is 5. The lowest BCUT2D eigenvalue weighted by atomic mass is 10.2. The number of hydrogen-bond donors (Lipinski definition) is 0. The lowest BCUT2D eigenvalue weighted by Crippen LogP contribution is -2.49. The summed E-state index contributed by atoms with van der Waals surface area (Å²) in [5.41, 5.74) is 0.907. The predicted octanol–water partition coefficient (Wildman–Crippen LogP) is 0.923. The molecule has 1 saturated heterocycles. The minimum atomic E-state index is -0.442. The van der Waals surface area contributed by atoms with E-state index in [-0.39, 0.29) is 5.91 Å². The molecular formula is C15H18N4O2. The fourth-order valence-corrected chi connectivity index (χ4v) is 2.52. The molecule has 0 radical (unpaired) electrons. The van der Waals surface area contributed by atoms with Gasteiger partial charge in [0.2, 0.25) is 0 Å². The third-order valence-electron chi connectivity index (χ3n) is 3.60. The van der Waals surface area contributed by atoms with E-state index >= 15 is 0 Å². The highest BCUT2D eigenvalue weighted by Gasteiger charge is 2.29. The summed E-state index contributed by atoms with van der Waals surface area (Å²) in [6.45, 7) is 1.75. The van der Waals surface area contributed by atoms with E-state index in [9.17, 15) is 4.79 Å². The van der Waals surface area contributed by atoms with Crippen molar-refractivity contribution in [2.45, 2.75) is 6.10 Å². The van der Waals surface area contributed by atoms with E-state index in [0.717, 1.165) is 23.3 Å². The first-order valence-electron chi connectivity index (χ1n) is 6.94. The molecule has 1 aromatic carbocycles. The van der Waals surface area contributed by atoms with Crippen molar-refractivity contribution in [3.8, 4) is 0 Å². The van der Waals surface area contributed by atoms with Gasteiger partial charge in [-0.15, -0.1) is 0 Å². The summed E-state index contributed by atoms with van der Waals surface area (Å²) in [5, 5.41) is 0.998. The monoisotopic (exact) mass is 286 g/mol. The van der Waals surface area contributed by atoms with Crippen LogP contribution in [0.2, 0.25) is 0 Å². The first kappa shape index (κ1) is 13.8. The van der Waals surface area contributed by atoms with E-state index in [1.54, 1.807) is 25.3 Å². The van der Waals surface area contributed by atoms with Gasteiger partial charge in [0, 0.05) is 26.0 Å². The van der Waals surface area contributed by atoms with E-state index in [1.807, 2.05) is 24.3 Å². The van der Waals surface area contributed by atoms with Gasteiger partial charge >= 0.3 is 0 Å². The maximum atomic E-state index is 12.1. The Morgan fingerprint density at radius 1 is 1.33 bits per heavy atom. The summed E-state index contributed by atoms with van der Waals surface area (Å²) in [7, 11) is 3.48. The molecule has 21 heavy (non-hydrogen) atoms. The number of rotatable bonds is 2. The van der Waals surface area contributed by atoms with Crippen LogP contribution in [0.5, 0.6) is 0 Å². The lowest BCUT2D eigenvalue weighted by Gasteiger charge is -2.34. The number of fused-ring (bicyclic) bond motifs is 1. The van der Waals surface area contributed by atoms with Crippen LogP contribution >= 0.6 is 0 Å². The summed E-state index contributed by atoms with van der Waals surface area (Å²) in [6, 6.07) is 7.89. The third kappa shape index (κ3) is 2.67. The van der Waals surface area contributed by atoms with Crippen molar-refractivity contribution in [1.82, 2.24) is 14.9 Å². The second kappa shape index (κ2) is 5.65. The number of carbonyl (C=O) groups is 1. The molecule has 3 rings (SSSR count). The van der Waals surface area contributed by atoms with E-state index < -0.39 is 6.10 Å². The van der Waals surface area contributed by atoms with Crippen molar-refractivity contribution in [2.75, 3.05) is 38.7 Å². The van der Waals surface area contributed by atoms with Gasteiger partial charge in [-0.25, -0.2) is 9.97 Å². The number of likely N-dealkylation sites (N-methyl/N-ethyl adjacent to an activating group) is 1. The van der Waals surface area contributed by atoms with Gasteiger partial charge in [-0.2, -0.15) is 0 Å². The first-order chi connectivity index (χ1) is 10.2. The normalized spacial score (nSPS) is 18.8. The smallest absolute Gasteiger partial charge is 0.253 e. The molecule has 2 aromatic rings. The Morgan fingerprint density at radius 2 is 2.14 bits per heavy atom. The number of nitrogens with zero attached hydrogens (tertiary/aromatic N) is 4. The van der Waals surface area contributed by atoms with Crippen LogP contribution in [0.15, 0.2) is 30.6 Å². The molecule has 0 aliphatic carbocycles. The second-order valence-corrected chi connectivity index (χ2v) is 5.25. The molecule has 0 saturated carbocycles. The number of para-hydroxylation sites is 1. The van der Waals surface area contributed by atoms with Gasteiger partial charge in [0.1, 0.15) is 12.1 Å². The standard InChI is InChI=1S/C15H18N4O2/c1-18(2)15(20)13-9-19(7-8-21-13)14-11-5-3-4-6-12(11)16-10-17-14/h3-6,10,13H,7-9H2,1-2H3. The molecular weight excluding hydrogens is 268 g/mol. The maximum Gasteiger partial charge on any atom is 0.253 e. The van der Waals surface area contributed by atoms with Crippen LogP contribution in [0.25, 0.3) is 10.9 Å². The molecule has 1 aliphatic heterocycles. The van der Waals surface area contributed by atoms with Crippen LogP contribution < -0.4 is 4.90 Å². The van der Waals surface area contributed by atoms with Crippen molar-refractivity contribution in [1.29, 1.82) is 0 Å². The predicted molar refractivity (Wildman–Crippen MR) is 80.2 cm³/mol. The van der Waals surface area contributed by atoms with Gasteiger partial charge in [0.15, 0.2) is 6.10 Å². The highest BCUT2D eigenvalue weighted by Crippen LogP contribution is 2.24. The highest BCUT2D eigenvalue weighted by atomic mass is 16.5. The van der Waals surface area contributed by atoms with E-state index in [0.29, 0.717) is 13.2 Å². The van der Waals surface area contributed by atoms with E-state index in [4.69, 9.17) is 4.74 Å². The van der Waals surface area contributed by atoms with Crippen molar-refractivity contribution in [3.05, 3.63) is 30.6 Å². The number of amides is 1. The minimum absolute atomic E-state index is 0.0157. The number of benzene rings is 1. The molecule has 6 heteroatoms. The van der Waals surface area contributed by atoms with Crippen molar-refractivity contribution < 1.29 is 9.53 Å². The highest BCUT2D eigenvalue weighted by molar-refractivity contribution is 5.89. The molecule has 0 spiro atoms. The van der Waals surface area contributed by atoms with Crippen LogP contribution in [0.3, 0.4) is 0 Å². The zero-order chi connectivity index (χ0) is 14.8. The zero-order valence-electron chi connectivity index (χ0n) is 12.2. The van der Waals surface area contributed by atoms with E-state index in [2.05, 4.69) is 14.9 Å². The Hall–Kier alpha value is -2.21. The summed E-state index contributed by atoms with van der Waals surface area (Å²) < 4.78 is 5.59. The van der Waals surface area contributed by atoms with Crippen molar-refractivity contribution in [2.24, 2.45) is 0 Å². The van der Waals surface area contributed by atoms with Gasteiger partial charge < -0.3 is 14.5 Å². The van der Waals surface area contributed by atoms with E-state index in [1.165, 1.54) is 0 Å². The summed E-state index contributed by atoms with van der Waals surface area (Å²) in [4.78, 5) is 24.4. The molecule has 1 aliphatic rings. The quantitative estimate of drug-likeness (QED) is 0.822. The zero-order valence-corrected chi connectivity index (χ0v) is 12.2. The van der Waals surface area contributed by atoms with Crippen molar-refractivity contribution in [3.63, 3.8) is 0 Å². The number of morpholine rings is 1. The topological polar surface area (TPSA) is 58.6 Å². The Morgan fingerprint density at radius 3 is 2.95 bits per heavy atom. The van der Waals surface area contributed by atoms with Gasteiger partial charge in [0.25, 0.3) is 5.91 Å². The number of ether oxygens (including phenoxy) is 1. The molecule has 1 unspecified atom stereocenters. The molecule has 1 fully saturated rings. The average molecular weight is 286 g/mol. The molecule has 110 valence electrons. The number of aromatic nitrogens is 2.